The Labute approximate surface area is 149 Å². The van der Waals surface area contributed by atoms with E-state index in [1.165, 1.54) is 27.6 Å². The quantitative estimate of drug-likeness (QED) is 0.930. The number of carbonyl (C=O) groups is 1. The summed E-state index contributed by atoms with van der Waals surface area (Å²) in [5.41, 5.74) is 5.38. The van der Waals surface area contributed by atoms with E-state index >= 15 is 0 Å². The second-order valence-corrected chi connectivity index (χ2v) is 7.35. The minimum Gasteiger partial charge on any atom is -0.361 e. The third-order valence-corrected chi connectivity index (χ3v) is 5.89. The van der Waals surface area contributed by atoms with Gasteiger partial charge in [-0.25, -0.2) is 0 Å². The van der Waals surface area contributed by atoms with Gasteiger partial charge in [0.15, 0.2) is 0 Å². The smallest absolute Gasteiger partial charge is 0.223 e. The van der Waals surface area contributed by atoms with Crippen molar-refractivity contribution in [3.63, 3.8) is 0 Å². The van der Waals surface area contributed by atoms with Crippen LogP contribution in [-0.4, -0.2) is 53.4 Å². The molecule has 2 aromatic rings. The van der Waals surface area contributed by atoms with Crippen molar-refractivity contribution in [3.05, 3.63) is 41.6 Å². The van der Waals surface area contributed by atoms with E-state index in [0.717, 1.165) is 26.1 Å². The molecule has 2 atom stereocenters. The first-order valence-corrected chi connectivity index (χ1v) is 9.41. The SMILES string of the molecule is CCN(CC)C(=O)CC1C=C2c3cccc4[nH]cc(c34)C[C@@H]2N(C)C1. The Balaban J connectivity index is 1.69. The molecule has 0 radical (unpaired) electrons. The fourth-order valence-corrected chi connectivity index (χ4v) is 4.61. The number of hydrogen-bond donors (Lipinski definition) is 1. The molecule has 0 fully saturated rings. The maximum Gasteiger partial charge on any atom is 0.223 e. The van der Waals surface area contributed by atoms with E-state index in [-0.39, 0.29) is 5.91 Å². The Bertz CT molecular complexity index is 831. The van der Waals surface area contributed by atoms with Crippen LogP contribution in [0.2, 0.25) is 0 Å². The first-order chi connectivity index (χ1) is 12.1. The van der Waals surface area contributed by atoms with Crippen molar-refractivity contribution in [1.82, 2.24) is 14.8 Å². The van der Waals surface area contributed by atoms with Crippen molar-refractivity contribution >= 4 is 22.4 Å². The normalized spacial score (nSPS) is 22.6. The molecule has 0 bridgehead atoms. The van der Waals surface area contributed by atoms with Gasteiger partial charge in [-0.05, 0) is 56.0 Å². The number of aromatic amines is 1. The number of nitrogens with zero attached hydrogens (tertiary/aromatic N) is 2. The predicted octanol–water partition coefficient (Wildman–Crippen LogP) is 3.30. The van der Waals surface area contributed by atoms with Crippen LogP contribution in [0.3, 0.4) is 0 Å². The van der Waals surface area contributed by atoms with Crippen LogP contribution in [0, 0.1) is 5.92 Å². The van der Waals surface area contributed by atoms with Crippen LogP contribution in [0.4, 0.5) is 0 Å². The second kappa shape index (κ2) is 6.34. The first-order valence-electron chi connectivity index (χ1n) is 9.41. The fourth-order valence-electron chi connectivity index (χ4n) is 4.61. The van der Waals surface area contributed by atoms with Gasteiger partial charge >= 0.3 is 0 Å². The minimum absolute atomic E-state index is 0.273. The minimum atomic E-state index is 0.273. The molecule has 1 aromatic heterocycles. The van der Waals surface area contributed by atoms with Crippen LogP contribution in [-0.2, 0) is 11.2 Å². The van der Waals surface area contributed by atoms with Gasteiger partial charge in [-0.15, -0.1) is 0 Å². The number of hydrogen-bond acceptors (Lipinski definition) is 2. The van der Waals surface area contributed by atoms with Crippen molar-refractivity contribution in [3.8, 4) is 0 Å². The summed E-state index contributed by atoms with van der Waals surface area (Å²) in [6.07, 6.45) is 6.21. The van der Waals surface area contributed by atoms with Crippen LogP contribution in [0.5, 0.6) is 0 Å². The molecule has 0 spiro atoms. The number of likely N-dealkylation sites (N-methyl/N-ethyl adjacent to an activating group) is 1. The molecule has 2 aliphatic rings. The summed E-state index contributed by atoms with van der Waals surface area (Å²) in [5, 5.41) is 1.37. The van der Waals surface area contributed by atoms with E-state index < -0.39 is 0 Å². The average molecular weight is 337 g/mol. The Kier molecular flexibility index (Phi) is 4.16. The van der Waals surface area contributed by atoms with Crippen LogP contribution in [0.25, 0.3) is 16.5 Å². The molecule has 1 amide bonds. The summed E-state index contributed by atoms with van der Waals surface area (Å²) in [6, 6.07) is 6.94. The summed E-state index contributed by atoms with van der Waals surface area (Å²) in [6.45, 7) is 6.65. The maximum atomic E-state index is 12.6. The molecule has 4 rings (SSSR count). The van der Waals surface area contributed by atoms with Crippen molar-refractivity contribution in [1.29, 1.82) is 0 Å². The highest BCUT2D eigenvalue weighted by atomic mass is 16.2. The molecule has 1 N–H and O–H groups in total. The Morgan fingerprint density at radius 3 is 2.88 bits per heavy atom. The number of amides is 1. The van der Waals surface area contributed by atoms with Crippen LogP contribution in [0.15, 0.2) is 30.5 Å². The third-order valence-electron chi connectivity index (χ3n) is 5.89. The Morgan fingerprint density at radius 1 is 1.32 bits per heavy atom. The fraction of sp³-hybridized carbons (Fsp3) is 0.476. The van der Waals surface area contributed by atoms with Gasteiger partial charge in [-0.2, -0.15) is 0 Å². The number of rotatable bonds is 4. The summed E-state index contributed by atoms with van der Waals surface area (Å²) in [4.78, 5) is 20.3. The Hall–Kier alpha value is -2.07. The number of aromatic nitrogens is 1. The highest BCUT2D eigenvalue weighted by Crippen LogP contribution is 2.41. The number of carbonyl (C=O) groups excluding carboxylic acids is 1. The molecule has 2 heterocycles. The van der Waals surface area contributed by atoms with Gasteiger partial charge in [0.1, 0.15) is 0 Å². The van der Waals surface area contributed by atoms with Crippen molar-refractivity contribution < 1.29 is 4.79 Å². The van der Waals surface area contributed by atoms with Gasteiger partial charge in [0.25, 0.3) is 0 Å². The Morgan fingerprint density at radius 2 is 2.12 bits per heavy atom. The van der Waals surface area contributed by atoms with Crippen LogP contribution >= 0.6 is 0 Å². The molecular weight excluding hydrogens is 310 g/mol. The van der Waals surface area contributed by atoms with E-state index in [1.54, 1.807) is 0 Å². The largest absolute Gasteiger partial charge is 0.361 e. The summed E-state index contributed by atoms with van der Waals surface area (Å²) < 4.78 is 0. The second-order valence-electron chi connectivity index (χ2n) is 7.35. The summed E-state index contributed by atoms with van der Waals surface area (Å²) in [7, 11) is 2.20. The van der Waals surface area contributed by atoms with Crippen LogP contribution in [0.1, 0.15) is 31.4 Å². The molecule has 0 saturated heterocycles. The van der Waals surface area contributed by atoms with Gasteiger partial charge in [-0.1, -0.05) is 18.2 Å². The van der Waals surface area contributed by atoms with Crippen molar-refractivity contribution in [2.75, 3.05) is 26.7 Å². The lowest BCUT2D eigenvalue weighted by Gasteiger charge is -2.40. The highest BCUT2D eigenvalue weighted by molar-refractivity contribution is 5.98. The summed E-state index contributed by atoms with van der Waals surface area (Å²) >= 11 is 0. The van der Waals surface area contributed by atoms with Gasteiger partial charge in [0, 0.05) is 49.2 Å². The van der Waals surface area contributed by atoms with Gasteiger partial charge in [0.05, 0.1) is 0 Å². The molecular formula is C21H27N3O. The van der Waals surface area contributed by atoms with Crippen molar-refractivity contribution in [2.45, 2.75) is 32.7 Å². The van der Waals surface area contributed by atoms with Gasteiger partial charge in [0.2, 0.25) is 5.91 Å². The lowest BCUT2D eigenvalue weighted by molar-refractivity contribution is -0.131. The standard InChI is InChI=1S/C21H27N3O/c1-4-24(5-2)20(25)10-14-9-17-16-7-6-8-18-21(16)15(12-22-18)11-19(17)23(3)13-14/h6-9,12,14,19,22H,4-5,10-11,13H2,1-3H3/t14?,19-/m0/s1. The molecule has 1 aliphatic carbocycles. The molecule has 1 unspecified atom stereocenters. The molecule has 4 heteroatoms. The number of H-pyrrole nitrogens is 1. The zero-order valence-corrected chi connectivity index (χ0v) is 15.4. The van der Waals surface area contributed by atoms with E-state index in [1.807, 2.05) is 4.90 Å². The highest BCUT2D eigenvalue weighted by Gasteiger charge is 2.34. The first kappa shape index (κ1) is 16.4. The monoisotopic (exact) mass is 337 g/mol. The number of fused-ring (bicyclic) bond motifs is 2. The lowest BCUT2D eigenvalue weighted by Crippen LogP contribution is -2.43. The van der Waals surface area contributed by atoms with E-state index in [0.29, 0.717) is 18.4 Å². The molecule has 0 saturated carbocycles. The van der Waals surface area contributed by atoms with E-state index in [9.17, 15) is 4.79 Å². The predicted molar refractivity (Wildman–Crippen MR) is 102 cm³/mol. The maximum absolute atomic E-state index is 12.6. The van der Waals surface area contributed by atoms with E-state index in [4.69, 9.17) is 0 Å². The van der Waals surface area contributed by atoms with Gasteiger partial charge < -0.3 is 9.88 Å². The third kappa shape index (κ3) is 2.69. The van der Waals surface area contributed by atoms with Gasteiger partial charge in [-0.3, -0.25) is 9.69 Å². The lowest BCUT2D eigenvalue weighted by atomic mass is 9.79. The average Bonchev–Trinajstić information content (AvgIpc) is 3.02. The van der Waals surface area contributed by atoms with Crippen LogP contribution < -0.4 is 0 Å². The molecule has 132 valence electrons. The van der Waals surface area contributed by atoms with Crippen molar-refractivity contribution in [2.24, 2.45) is 5.92 Å². The number of benzene rings is 1. The topological polar surface area (TPSA) is 39.3 Å². The zero-order chi connectivity index (χ0) is 17.6. The summed E-state index contributed by atoms with van der Waals surface area (Å²) in [5.74, 6) is 0.565. The molecule has 1 aromatic carbocycles. The molecule has 25 heavy (non-hydrogen) atoms. The van der Waals surface area contributed by atoms with E-state index in [2.05, 4.69) is 61.3 Å². The molecule has 1 aliphatic heterocycles. The number of nitrogens with one attached hydrogen (secondary N) is 1. The zero-order valence-electron chi connectivity index (χ0n) is 15.4. The molecule has 4 nitrogen and oxygen atoms in total.